The van der Waals surface area contributed by atoms with Gasteiger partial charge < -0.3 is 9.47 Å². The first-order chi connectivity index (χ1) is 6.27. The van der Waals surface area contributed by atoms with Crippen LogP contribution in [0.1, 0.15) is 26.2 Å². The minimum atomic E-state index is 0.344. The lowest BCUT2D eigenvalue weighted by molar-refractivity contribution is -0.0497. The Bertz CT molecular complexity index is 170. The van der Waals surface area contributed by atoms with Crippen LogP contribution in [0.4, 0.5) is 0 Å². The van der Waals surface area contributed by atoms with Gasteiger partial charge in [0.25, 0.3) is 0 Å². The van der Waals surface area contributed by atoms with Crippen molar-refractivity contribution in [3.63, 3.8) is 0 Å². The van der Waals surface area contributed by atoms with E-state index in [1.165, 1.54) is 19.3 Å². The van der Waals surface area contributed by atoms with Crippen LogP contribution in [0.3, 0.4) is 0 Å². The van der Waals surface area contributed by atoms with Gasteiger partial charge in [-0.1, -0.05) is 29.0 Å². The first kappa shape index (κ1) is 10.2. The van der Waals surface area contributed by atoms with Gasteiger partial charge in [0.15, 0.2) is 0 Å². The normalized spacial score (nSPS) is 37.4. The lowest BCUT2D eigenvalue weighted by atomic mass is 9.81. The molecule has 0 aromatic heterocycles. The van der Waals surface area contributed by atoms with Crippen molar-refractivity contribution in [2.24, 2.45) is 5.92 Å². The molecular weight excluding hydrogens is 279 g/mol. The van der Waals surface area contributed by atoms with E-state index >= 15 is 0 Å². The highest BCUT2D eigenvalue weighted by molar-refractivity contribution is 14.1. The number of ether oxygens (including phenoxy) is 2. The van der Waals surface area contributed by atoms with Gasteiger partial charge in [0.05, 0.1) is 29.3 Å². The van der Waals surface area contributed by atoms with E-state index in [1.807, 2.05) is 0 Å². The molecule has 1 aliphatic carbocycles. The number of hydrogen-bond donors (Lipinski definition) is 0. The van der Waals surface area contributed by atoms with Gasteiger partial charge >= 0.3 is 0 Å². The van der Waals surface area contributed by atoms with Gasteiger partial charge in [-0.15, -0.1) is 0 Å². The van der Waals surface area contributed by atoms with E-state index in [2.05, 4.69) is 29.5 Å². The Balaban J connectivity index is 1.75. The second-order valence-corrected chi connectivity index (χ2v) is 5.72. The Morgan fingerprint density at radius 3 is 2.62 bits per heavy atom. The maximum atomic E-state index is 5.99. The van der Waals surface area contributed by atoms with Crippen LogP contribution in [0.25, 0.3) is 0 Å². The summed E-state index contributed by atoms with van der Waals surface area (Å²) in [5, 5.41) is 0. The third-order valence-electron chi connectivity index (χ3n) is 3.17. The van der Waals surface area contributed by atoms with E-state index in [-0.39, 0.29) is 0 Å². The first-order valence-corrected chi connectivity index (χ1v) is 6.39. The van der Waals surface area contributed by atoms with Crippen molar-refractivity contribution in [2.75, 3.05) is 13.2 Å². The Morgan fingerprint density at radius 1 is 1.38 bits per heavy atom. The van der Waals surface area contributed by atoms with Crippen molar-refractivity contribution >= 4 is 22.6 Å². The molecule has 13 heavy (non-hydrogen) atoms. The molecule has 0 spiro atoms. The molecule has 1 heterocycles. The summed E-state index contributed by atoms with van der Waals surface area (Å²) >= 11 is 2.43. The molecule has 3 heteroatoms. The van der Waals surface area contributed by atoms with E-state index in [4.69, 9.17) is 9.47 Å². The highest BCUT2D eigenvalue weighted by Crippen LogP contribution is 2.32. The molecule has 0 aromatic carbocycles. The molecule has 76 valence electrons. The zero-order valence-corrected chi connectivity index (χ0v) is 10.2. The van der Waals surface area contributed by atoms with Crippen LogP contribution >= 0.6 is 22.6 Å². The molecule has 1 aliphatic heterocycles. The molecule has 1 saturated carbocycles. The van der Waals surface area contributed by atoms with E-state index < -0.39 is 0 Å². The predicted molar refractivity (Wildman–Crippen MR) is 60.3 cm³/mol. The quantitative estimate of drug-likeness (QED) is 0.588. The molecule has 2 nitrogen and oxygen atoms in total. The predicted octanol–water partition coefficient (Wildman–Crippen LogP) is 2.39. The molecule has 3 unspecified atom stereocenters. The molecule has 1 saturated heterocycles. The third kappa shape index (κ3) is 2.36. The standard InChI is InChI=1S/C10H17IO2/c1-7(8-3-2-4-8)13-10-6-12-5-9(10)11/h7-10H,2-6H2,1H3. The summed E-state index contributed by atoms with van der Waals surface area (Å²) in [5.74, 6) is 0.823. The first-order valence-electron chi connectivity index (χ1n) is 5.14. The summed E-state index contributed by atoms with van der Waals surface area (Å²) in [6.45, 7) is 3.87. The topological polar surface area (TPSA) is 18.5 Å². The molecule has 2 rings (SSSR count). The van der Waals surface area contributed by atoms with Crippen LogP contribution in [0.5, 0.6) is 0 Å². The molecule has 2 fully saturated rings. The van der Waals surface area contributed by atoms with Gasteiger partial charge in [-0.05, 0) is 25.7 Å². The van der Waals surface area contributed by atoms with Crippen molar-refractivity contribution in [3.05, 3.63) is 0 Å². The molecule has 0 N–H and O–H groups in total. The zero-order chi connectivity index (χ0) is 9.26. The summed E-state index contributed by atoms with van der Waals surface area (Å²) in [4.78, 5) is 0. The van der Waals surface area contributed by atoms with Crippen molar-refractivity contribution in [1.82, 2.24) is 0 Å². The molecule has 0 bridgehead atoms. The van der Waals surface area contributed by atoms with Gasteiger partial charge in [-0.25, -0.2) is 0 Å². The van der Waals surface area contributed by atoms with Gasteiger partial charge in [0.1, 0.15) is 0 Å². The lowest BCUT2D eigenvalue weighted by Crippen LogP contribution is -2.34. The average Bonchev–Trinajstić information content (AvgIpc) is 2.32. The molecule has 2 aliphatic rings. The fourth-order valence-electron chi connectivity index (χ4n) is 1.93. The van der Waals surface area contributed by atoms with E-state index in [1.54, 1.807) is 0 Å². The Labute approximate surface area is 93.5 Å². The van der Waals surface area contributed by atoms with Crippen LogP contribution in [-0.2, 0) is 9.47 Å². The van der Waals surface area contributed by atoms with Crippen LogP contribution in [0.15, 0.2) is 0 Å². The van der Waals surface area contributed by atoms with Crippen molar-refractivity contribution in [1.29, 1.82) is 0 Å². The van der Waals surface area contributed by atoms with E-state index in [0.29, 0.717) is 16.1 Å². The molecule has 0 radical (unpaired) electrons. The largest absolute Gasteiger partial charge is 0.378 e. The fourth-order valence-corrected chi connectivity index (χ4v) is 2.56. The monoisotopic (exact) mass is 296 g/mol. The average molecular weight is 296 g/mol. The smallest absolute Gasteiger partial charge is 0.0951 e. The van der Waals surface area contributed by atoms with Crippen LogP contribution in [-0.4, -0.2) is 29.3 Å². The second-order valence-electron chi connectivity index (χ2n) is 4.12. The van der Waals surface area contributed by atoms with E-state index in [9.17, 15) is 0 Å². The van der Waals surface area contributed by atoms with Crippen molar-refractivity contribution in [2.45, 2.75) is 42.3 Å². The van der Waals surface area contributed by atoms with Gasteiger partial charge in [-0.2, -0.15) is 0 Å². The summed E-state index contributed by atoms with van der Waals surface area (Å²) < 4.78 is 11.9. The number of halogens is 1. The summed E-state index contributed by atoms with van der Waals surface area (Å²) in [7, 11) is 0. The van der Waals surface area contributed by atoms with Crippen molar-refractivity contribution in [3.8, 4) is 0 Å². The molecule has 0 aromatic rings. The number of hydrogen-bond acceptors (Lipinski definition) is 2. The number of rotatable bonds is 3. The van der Waals surface area contributed by atoms with Gasteiger partial charge in [-0.3, -0.25) is 0 Å². The molecular formula is C10H17IO2. The number of alkyl halides is 1. The lowest BCUT2D eigenvalue weighted by Gasteiger charge is -2.33. The van der Waals surface area contributed by atoms with Gasteiger partial charge in [0, 0.05) is 0 Å². The molecule has 0 amide bonds. The minimum Gasteiger partial charge on any atom is -0.378 e. The summed E-state index contributed by atoms with van der Waals surface area (Å²) in [6.07, 6.45) is 4.91. The zero-order valence-electron chi connectivity index (χ0n) is 8.04. The Hall–Kier alpha value is 0.650. The summed E-state index contributed by atoms with van der Waals surface area (Å²) in [5.41, 5.74) is 0. The second kappa shape index (κ2) is 4.45. The maximum absolute atomic E-state index is 5.99. The minimum absolute atomic E-state index is 0.344. The third-order valence-corrected chi connectivity index (χ3v) is 4.33. The van der Waals surface area contributed by atoms with Crippen LogP contribution in [0, 0.1) is 5.92 Å². The van der Waals surface area contributed by atoms with Crippen LogP contribution < -0.4 is 0 Å². The Morgan fingerprint density at radius 2 is 2.15 bits per heavy atom. The fraction of sp³-hybridized carbons (Fsp3) is 1.00. The van der Waals surface area contributed by atoms with E-state index in [0.717, 1.165) is 19.1 Å². The molecule has 3 atom stereocenters. The maximum Gasteiger partial charge on any atom is 0.0951 e. The van der Waals surface area contributed by atoms with Gasteiger partial charge in [0.2, 0.25) is 0 Å². The Kier molecular flexibility index (Phi) is 3.48. The highest BCUT2D eigenvalue weighted by Gasteiger charge is 2.32. The SMILES string of the molecule is CC(OC1COCC1I)C1CCC1. The summed E-state index contributed by atoms with van der Waals surface area (Å²) in [6, 6.07) is 0. The van der Waals surface area contributed by atoms with Crippen LogP contribution in [0.2, 0.25) is 0 Å². The highest BCUT2D eigenvalue weighted by atomic mass is 127. The van der Waals surface area contributed by atoms with Crippen molar-refractivity contribution < 1.29 is 9.47 Å².